The van der Waals surface area contributed by atoms with Gasteiger partial charge in [0.25, 0.3) is 10.0 Å². The molecule has 0 aliphatic rings. The average molecular weight is 798 g/mol. The Hall–Kier alpha value is -3.71. The highest BCUT2D eigenvalue weighted by atomic mass is 35.5. The molecule has 0 saturated heterocycles. The number of rotatable bonds is 15. The van der Waals surface area contributed by atoms with E-state index in [9.17, 15) is 26.9 Å². The Morgan fingerprint density at radius 3 is 2.12 bits per heavy atom. The highest BCUT2D eigenvalue weighted by Crippen LogP contribution is 2.35. The number of aromatic nitrogens is 2. The molecule has 0 bridgehead atoms. The molecule has 2 aromatic carbocycles. The van der Waals surface area contributed by atoms with Crippen molar-refractivity contribution in [3.63, 3.8) is 0 Å². The van der Waals surface area contributed by atoms with Crippen molar-refractivity contribution in [3.05, 3.63) is 58.2 Å². The summed E-state index contributed by atoms with van der Waals surface area (Å²) in [6, 6.07) is 9.46. The van der Waals surface area contributed by atoms with Crippen LogP contribution in [0, 0.1) is 34.0 Å². The van der Waals surface area contributed by atoms with Crippen molar-refractivity contribution < 1.29 is 21.6 Å². The van der Waals surface area contributed by atoms with Gasteiger partial charge < -0.3 is 5.32 Å². The van der Waals surface area contributed by atoms with Gasteiger partial charge in [0.2, 0.25) is 10.0 Å². The zero-order chi connectivity index (χ0) is 39.2. The van der Waals surface area contributed by atoms with E-state index in [1.54, 1.807) is 0 Å². The second kappa shape index (κ2) is 17.0. The van der Waals surface area contributed by atoms with E-state index < -0.39 is 26.1 Å². The summed E-state index contributed by atoms with van der Waals surface area (Å²) in [7, 11) is -7.91. The molecule has 17 heteroatoms. The van der Waals surface area contributed by atoms with E-state index in [4.69, 9.17) is 23.2 Å². The van der Waals surface area contributed by atoms with Crippen LogP contribution >= 0.6 is 23.2 Å². The van der Waals surface area contributed by atoms with Gasteiger partial charge in [-0.3, -0.25) is 20.3 Å². The molecule has 0 aliphatic heterocycles. The smallest absolute Gasteiger partial charge is 0.333 e. The molecule has 1 heterocycles. The number of anilines is 3. The van der Waals surface area contributed by atoms with Gasteiger partial charge in [0, 0.05) is 6.04 Å². The van der Waals surface area contributed by atoms with Gasteiger partial charge in [-0.05, 0) is 78.7 Å². The summed E-state index contributed by atoms with van der Waals surface area (Å²) in [6.45, 7) is 17.6. The third-order valence-corrected chi connectivity index (χ3v) is 10.7. The normalized spacial score (nSPS) is 14.1. The fraction of sp³-hybridized carbons (Fsp3) is 0.514. The maximum atomic E-state index is 13.3. The lowest BCUT2D eigenvalue weighted by molar-refractivity contribution is 0.210. The number of sulfonamides is 2. The van der Waals surface area contributed by atoms with Gasteiger partial charge in [-0.15, -0.1) is 0 Å². The third kappa shape index (κ3) is 13.1. The van der Waals surface area contributed by atoms with E-state index in [0.29, 0.717) is 5.92 Å². The van der Waals surface area contributed by atoms with E-state index in [0.717, 1.165) is 38.0 Å². The van der Waals surface area contributed by atoms with Crippen LogP contribution in [-0.4, -0.2) is 44.9 Å². The lowest BCUT2D eigenvalue weighted by Crippen LogP contribution is -2.47. The largest absolute Gasteiger partial charge is 0.334 e. The standard InChI is InChI=1S/C35H50Cl2N8O5S2/c1-22(18-34(3,4)5)13-14-29(23(2)19-35(6,7)8)40-33(46)42-41-32-24(20-38)21-39-45(32)30-16-28(37)31(17-27(30)36)52(49,50)44-26-12-10-11-25(15-26)43-51(9,47)48/h10-12,15-17,21-23,29,41,43-44H,13-14,18-19H2,1-9H3,(H2,40,42,46). The molecule has 1 aromatic heterocycles. The molecule has 3 aromatic rings. The maximum absolute atomic E-state index is 13.3. The van der Waals surface area contributed by atoms with Crippen molar-refractivity contribution in [2.24, 2.45) is 22.7 Å². The Bertz CT molecular complexity index is 2000. The molecule has 0 radical (unpaired) electrons. The van der Waals surface area contributed by atoms with Crippen molar-refractivity contribution >= 4 is 66.5 Å². The topological polar surface area (TPSA) is 187 Å². The molecule has 0 aliphatic carbocycles. The Balaban J connectivity index is 1.83. The van der Waals surface area contributed by atoms with Gasteiger partial charge in [0.05, 0.1) is 39.6 Å². The summed E-state index contributed by atoms with van der Waals surface area (Å²) in [5.74, 6) is 0.729. The molecule has 5 N–H and O–H groups in total. The number of hydrazine groups is 1. The summed E-state index contributed by atoms with van der Waals surface area (Å²) in [5, 5.41) is 16.9. The van der Waals surface area contributed by atoms with Gasteiger partial charge in [0.15, 0.2) is 5.82 Å². The van der Waals surface area contributed by atoms with E-state index >= 15 is 0 Å². The van der Waals surface area contributed by atoms with Crippen molar-refractivity contribution in [1.82, 2.24) is 20.5 Å². The van der Waals surface area contributed by atoms with Crippen LogP contribution in [-0.2, 0) is 20.0 Å². The zero-order valence-corrected chi connectivity index (χ0v) is 34.2. The van der Waals surface area contributed by atoms with E-state index in [-0.39, 0.29) is 66.2 Å². The first-order chi connectivity index (χ1) is 23.9. The molecule has 2 amide bonds. The second-order valence-corrected chi connectivity index (χ2v) is 20.0. The van der Waals surface area contributed by atoms with Crippen LogP contribution in [0.5, 0.6) is 0 Å². The summed E-state index contributed by atoms with van der Waals surface area (Å²) in [6.07, 6.45) is 5.95. The Kier molecular flexibility index (Phi) is 13.9. The molecule has 3 unspecified atom stereocenters. The first kappa shape index (κ1) is 42.7. The number of nitrogens with zero attached hydrogens (tertiary/aromatic N) is 3. The van der Waals surface area contributed by atoms with Gasteiger partial charge in [-0.2, -0.15) is 10.4 Å². The Morgan fingerprint density at radius 2 is 1.54 bits per heavy atom. The number of halogens is 2. The van der Waals surface area contributed by atoms with Gasteiger partial charge >= 0.3 is 6.03 Å². The summed E-state index contributed by atoms with van der Waals surface area (Å²) >= 11 is 13.1. The van der Waals surface area contributed by atoms with Crippen LogP contribution in [0.25, 0.3) is 5.69 Å². The number of hydrogen-bond acceptors (Lipinski definition) is 8. The van der Waals surface area contributed by atoms with E-state index in [1.807, 2.05) is 6.07 Å². The van der Waals surface area contributed by atoms with Gasteiger partial charge in [0.1, 0.15) is 16.5 Å². The number of carbonyl (C=O) groups excluding carboxylic acids is 1. The van der Waals surface area contributed by atoms with Crippen LogP contribution in [0.15, 0.2) is 47.5 Å². The number of amides is 2. The fourth-order valence-electron chi connectivity index (χ4n) is 6.23. The second-order valence-electron chi connectivity index (χ2n) is 15.7. The predicted octanol–water partition coefficient (Wildman–Crippen LogP) is 8.14. The first-order valence-corrected chi connectivity index (χ1v) is 20.9. The summed E-state index contributed by atoms with van der Waals surface area (Å²) in [4.78, 5) is 12.9. The predicted molar refractivity (Wildman–Crippen MR) is 209 cm³/mol. The average Bonchev–Trinajstić information content (AvgIpc) is 3.39. The lowest BCUT2D eigenvalue weighted by Gasteiger charge is -2.32. The molecular formula is C35H50Cl2N8O5S2. The molecule has 0 fully saturated rings. The molecule has 0 saturated carbocycles. The minimum absolute atomic E-state index is 0.0629. The molecule has 286 valence electrons. The summed E-state index contributed by atoms with van der Waals surface area (Å²) < 4.78 is 55.8. The van der Waals surface area contributed by atoms with Crippen molar-refractivity contribution in [1.29, 1.82) is 5.26 Å². The quantitative estimate of drug-likeness (QED) is 0.0954. The van der Waals surface area contributed by atoms with Crippen molar-refractivity contribution in [2.45, 2.75) is 92.0 Å². The van der Waals surface area contributed by atoms with E-state index in [2.05, 4.69) is 86.1 Å². The van der Waals surface area contributed by atoms with Gasteiger partial charge in [-0.25, -0.2) is 26.3 Å². The van der Waals surface area contributed by atoms with Crippen LogP contribution in [0.3, 0.4) is 0 Å². The number of nitrogens with one attached hydrogen (secondary N) is 5. The highest BCUT2D eigenvalue weighted by molar-refractivity contribution is 7.93. The number of urea groups is 1. The van der Waals surface area contributed by atoms with Crippen molar-refractivity contribution in [3.8, 4) is 11.8 Å². The summed E-state index contributed by atoms with van der Waals surface area (Å²) in [5.41, 5.74) is 6.09. The lowest BCUT2D eigenvalue weighted by atomic mass is 9.79. The van der Waals surface area contributed by atoms with Crippen LogP contribution in [0.1, 0.15) is 86.6 Å². The van der Waals surface area contributed by atoms with Crippen LogP contribution < -0.4 is 25.6 Å². The highest BCUT2D eigenvalue weighted by Gasteiger charge is 2.27. The fourth-order valence-corrected chi connectivity index (χ4v) is 8.69. The van der Waals surface area contributed by atoms with Crippen LogP contribution in [0.2, 0.25) is 10.0 Å². The monoisotopic (exact) mass is 796 g/mol. The molecule has 3 atom stereocenters. The molecule has 3 rings (SSSR count). The van der Waals surface area contributed by atoms with E-state index in [1.165, 1.54) is 41.2 Å². The van der Waals surface area contributed by atoms with Crippen LogP contribution in [0.4, 0.5) is 22.0 Å². The number of benzene rings is 2. The SMILES string of the molecule is CC(CCC(NC(=O)NNc1c(C#N)cnn1-c1cc(Cl)c(S(=O)(=O)Nc2cccc(NS(C)(=O)=O)c2)cc1Cl)C(C)CC(C)(C)C)CC(C)(C)C. The Morgan fingerprint density at radius 1 is 0.923 bits per heavy atom. The number of hydrogen-bond donors (Lipinski definition) is 5. The Labute approximate surface area is 318 Å². The van der Waals surface area contributed by atoms with Gasteiger partial charge in [-0.1, -0.05) is 84.7 Å². The molecule has 0 spiro atoms. The van der Waals surface area contributed by atoms with Crippen molar-refractivity contribution in [2.75, 3.05) is 21.1 Å². The maximum Gasteiger partial charge on any atom is 0.333 e. The zero-order valence-electron chi connectivity index (χ0n) is 31.1. The molecule has 13 nitrogen and oxygen atoms in total. The minimum Gasteiger partial charge on any atom is -0.334 e. The number of nitriles is 1. The number of carbonyl (C=O) groups is 1. The first-order valence-electron chi connectivity index (χ1n) is 16.8. The molecule has 52 heavy (non-hydrogen) atoms. The third-order valence-electron chi connectivity index (χ3n) is 7.99. The minimum atomic E-state index is -4.31. The molecular weight excluding hydrogens is 747 g/mol.